The number of aromatic hydroxyl groups is 2. The fraction of sp³-hybridized carbons (Fsp3) is 0.273. The van der Waals surface area contributed by atoms with E-state index in [4.69, 9.17) is 16.0 Å². The molecule has 0 bridgehead atoms. The van der Waals surface area contributed by atoms with Crippen LogP contribution in [0.15, 0.2) is 23.4 Å². The Bertz CT molecular complexity index is 473. The predicted octanol–water partition coefficient (Wildman–Crippen LogP) is 0.210. The fourth-order valence-corrected chi connectivity index (χ4v) is 1.26. The number of amidine groups is 1. The maximum absolute atomic E-state index is 11.7. The van der Waals surface area contributed by atoms with Gasteiger partial charge in [0.1, 0.15) is 17.3 Å². The standard InChI is InChI=1S/C11H15N3O4/c1-6(10(12)14-18)5-13-11(17)8-3-2-7(15)4-9(8)16/h2-4,6,15-16,18H,5H2,1H3,(H2,12,14)(H,13,17). The zero-order chi connectivity index (χ0) is 13.7. The summed E-state index contributed by atoms with van der Waals surface area (Å²) in [5, 5.41) is 32.4. The lowest BCUT2D eigenvalue weighted by Crippen LogP contribution is -2.34. The Morgan fingerprint density at radius 1 is 1.50 bits per heavy atom. The summed E-state index contributed by atoms with van der Waals surface area (Å²) < 4.78 is 0. The van der Waals surface area contributed by atoms with Crippen molar-refractivity contribution in [2.24, 2.45) is 16.8 Å². The first kappa shape index (κ1) is 13.6. The van der Waals surface area contributed by atoms with Crippen LogP contribution in [0.5, 0.6) is 11.5 Å². The third-order valence-corrected chi connectivity index (χ3v) is 2.42. The molecule has 1 aromatic rings. The highest BCUT2D eigenvalue weighted by Gasteiger charge is 2.14. The lowest BCUT2D eigenvalue weighted by atomic mass is 10.1. The van der Waals surface area contributed by atoms with Crippen molar-refractivity contribution in [1.82, 2.24) is 5.32 Å². The summed E-state index contributed by atoms with van der Waals surface area (Å²) in [5.74, 6) is -1.29. The number of benzene rings is 1. The van der Waals surface area contributed by atoms with Gasteiger partial charge < -0.3 is 26.5 Å². The molecule has 1 unspecified atom stereocenters. The summed E-state index contributed by atoms with van der Waals surface area (Å²) >= 11 is 0. The van der Waals surface area contributed by atoms with Gasteiger partial charge in [0.05, 0.1) is 5.56 Å². The maximum Gasteiger partial charge on any atom is 0.255 e. The van der Waals surface area contributed by atoms with Crippen LogP contribution in [0, 0.1) is 5.92 Å². The van der Waals surface area contributed by atoms with Crippen LogP contribution in [-0.2, 0) is 0 Å². The van der Waals surface area contributed by atoms with E-state index in [0.29, 0.717) is 0 Å². The molecule has 0 spiro atoms. The number of hydrogen-bond donors (Lipinski definition) is 5. The minimum absolute atomic E-state index is 0.00484. The van der Waals surface area contributed by atoms with E-state index in [1.165, 1.54) is 12.1 Å². The summed E-state index contributed by atoms with van der Waals surface area (Å²) in [7, 11) is 0. The number of hydrogen-bond acceptors (Lipinski definition) is 5. The molecular weight excluding hydrogens is 238 g/mol. The van der Waals surface area contributed by atoms with Gasteiger partial charge in [-0.1, -0.05) is 12.1 Å². The molecule has 0 heterocycles. The molecule has 7 nitrogen and oxygen atoms in total. The van der Waals surface area contributed by atoms with Gasteiger partial charge in [-0.25, -0.2) is 0 Å². The van der Waals surface area contributed by atoms with Gasteiger partial charge in [-0.3, -0.25) is 4.79 Å². The lowest BCUT2D eigenvalue weighted by Gasteiger charge is -2.11. The Hall–Kier alpha value is -2.44. The van der Waals surface area contributed by atoms with Crippen molar-refractivity contribution in [3.8, 4) is 11.5 Å². The van der Waals surface area contributed by atoms with Crippen LogP contribution in [0.1, 0.15) is 17.3 Å². The molecule has 0 fully saturated rings. The van der Waals surface area contributed by atoms with E-state index in [2.05, 4.69) is 10.5 Å². The number of nitrogens with one attached hydrogen (secondary N) is 1. The molecule has 1 aromatic carbocycles. The number of nitrogens with zero attached hydrogens (tertiary/aromatic N) is 1. The number of amides is 1. The van der Waals surface area contributed by atoms with E-state index >= 15 is 0 Å². The van der Waals surface area contributed by atoms with E-state index in [-0.39, 0.29) is 35.4 Å². The molecule has 18 heavy (non-hydrogen) atoms. The first-order chi connectivity index (χ1) is 8.45. The maximum atomic E-state index is 11.7. The number of phenolic OH excluding ortho intramolecular Hbond substituents is 2. The molecule has 0 aliphatic carbocycles. The summed E-state index contributed by atoms with van der Waals surface area (Å²) in [6, 6.07) is 3.66. The van der Waals surface area contributed by atoms with Crippen LogP contribution in [0.3, 0.4) is 0 Å². The summed E-state index contributed by atoms with van der Waals surface area (Å²) in [6.07, 6.45) is 0. The van der Waals surface area contributed by atoms with Crippen LogP contribution in [-0.4, -0.2) is 33.7 Å². The average molecular weight is 253 g/mol. The molecule has 98 valence electrons. The molecule has 1 rings (SSSR count). The monoisotopic (exact) mass is 253 g/mol. The minimum atomic E-state index is -0.509. The molecule has 0 saturated heterocycles. The van der Waals surface area contributed by atoms with Gasteiger partial charge in [0, 0.05) is 18.5 Å². The second-order valence-electron chi connectivity index (χ2n) is 3.84. The van der Waals surface area contributed by atoms with Gasteiger partial charge in [0.15, 0.2) is 0 Å². The third-order valence-electron chi connectivity index (χ3n) is 2.42. The van der Waals surface area contributed by atoms with Gasteiger partial charge in [0.2, 0.25) is 0 Å². The minimum Gasteiger partial charge on any atom is -0.508 e. The van der Waals surface area contributed by atoms with Crippen molar-refractivity contribution in [1.29, 1.82) is 0 Å². The van der Waals surface area contributed by atoms with E-state index in [1.807, 2.05) is 0 Å². The second kappa shape index (κ2) is 5.76. The van der Waals surface area contributed by atoms with E-state index in [9.17, 15) is 9.90 Å². The number of carbonyl (C=O) groups excluding carboxylic acids is 1. The highest BCUT2D eigenvalue weighted by Crippen LogP contribution is 2.22. The fourth-order valence-electron chi connectivity index (χ4n) is 1.26. The van der Waals surface area contributed by atoms with Crippen molar-refractivity contribution < 1.29 is 20.2 Å². The zero-order valence-electron chi connectivity index (χ0n) is 9.79. The summed E-state index contributed by atoms with van der Waals surface area (Å²) in [5.41, 5.74) is 5.40. The van der Waals surface area contributed by atoms with E-state index in [1.54, 1.807) is 6.92 Å². The quantitative estimate of drug-likeness (QED) is 0.227. The van der Waals surface area contributed by atoms with Crippen LogP contribution in [0.25, 0.3) is 0 Å². The lowest BCUT2D eigenvalue weighted by molar-refractivity contribution is 0.0948. The van der Waals surface area contributed by atoms with Gasteiger partial charge >= 0.3 is 0 Å². The molecule has 6 N–H and O–H groups in total. The molecule has 0 aromatic heterocycles. The Morgan fingerprint density at radius 3 is 2.72 bits per heavy atom. The van der Waals surface area contributed by atoms with Crippen LogP contribution < -0.4 is 11.1 Å². The first-order valence-corrected chi connectivity index (χ1v) is 5.23. The third kappa shape index (κ3) is 3.27. The Labute approximate surface area is 104 Å². The predicted molar refractivity (Wildman–Crippen MR) is 64.7 cm³/mol. The Balaban J connectivity index is 2.66. The van der Waals surface area contributed by atoms with Crippen LogP contribution in [0.4, 0.5) is 0 Å². The van der Waals surface area contributed by atoms with E-state index in [0.717, 1.165) is 6.07 Å². The number of nitrogens with two attached hydrogens (primary N) is 1. The van der Waals surface area contributed by atoms with Crippen LogP contribution in [0.2, 0.25) is 0 Å². The Morgan fingerprint density at radius 2 is 2.17 bits per heavy atom. The molecule has 0 aliphatic heterocycles. The zero-order valence-corrected chi connectivity index (χ0v) is 9.79. The highest BCUT2D eigenvalue weighted by molar-refractivity contribution is 5.97. The molecular formula is C11H15N3O4. The Kier molecular flexibility index (Phi) is 4.36. The summed E-state index contributed by atoms with van der Waals surface area (Å²) in [4.78, 5) is 11.7. The number of oxime groups is 1. The molecule has 0 aliphatic rings. The number of phenols is 2. The largest absolute Gasteiger partial charge is 0.508 e. The van der Waals surface area contributed by atoms with Gasteiger partial charge in [-0.15, -0.1) is 0 Å². The molecule has 0 radical (unpaired) electrons. The van der Waals surface area contributed by atoms with Gasteiger partial charge in [-0.05, 0) is 12.1 Å². The van der Waals surface area contributed by atoms with Crippen molar-refractivity contribution >= 4 is 11.7 Å². The number of rotatable bonds is 4. The smallest absolute Gasteiger partial charge is 0.255 e. The molecule has 0 saturated carbocycles. The van der Waals surface area contributed by atoms with Crippen molar-refractivity contribution in [3.63, 3.8) is 0 Å². The summed E-state index contributed by atoms with van der Waals surface area (Å²) in [6.45, 7) is 1.83. The van der Waals surface area contributed by atoms with Crippen LogP contribution >= 0.6 is 0 Å². The van der Waals surface area contributed by atoms with E-state index < -0.39 is 5.91 Å². The molecule has 1 amide bonds. The molecule has 1 atom stereocenters. The highest BCUT2D eigenvalue weighted by atomic mass is 16.4. The number of carbonyl (C=O) groups is 1. The first-order valence-electron chi connectivity index (χ1n) is 5.23. The SMILES string of the molecule is CC(CNC(=O)c1ccc(O)cc1O)/C(N)=N/O. The van der Waals surface area contributed by atoms with Gasteiger partial charge in [-0.2, -0.15) is 0 Å². The molecule has 7 heteroatoms. The topological polar surface area (TPSA) is 128 Å². The van der Waals surface area contributed by atoms with Gasteiger partial charge in [0.25, 0.3) is 5.91 Å². The average Bonchev–Trinajstić information content (AvgIpc) is 2.34. The van der Waals surface area contributed by atoms with Crippen molar-refractivity contribution in [2.45, 2.75) is 6.92 Å². The normalized spacial score (nSPS) is 13.1. The second-order valence-corrected chi connectivity index (χ2v) is 3.84. The van der Waals surface area contributed by atoms with Crippen molar-refractivity contribution in [2.75, 3.05) is 6.54 Å². The van der Waals surface area contributed by atoms with Crippen molar-refractivity contribution in [3.05, 3.63) is 23.8 Å².